The van der Waals surface area contributed by atoms with Crippen LogP contribution in [0.25, 0.3) is 34.3 Å². The second-order valence-electron chi connectivity index (χ2n) is 6.32. The van der Waals surface area contributed by atoms with Crippen molar-refractivity contribution in [2.75, 3.05) is 7.05 Å². The maximum absolute atomic E-state index is 12.3. The summed E-state index contributed by atoms with van der Waals surface area (Å²) in [6.07, 6.45) is 3.77. The Hall–Kier alpha value is -2.44. The number of hydrogen-bond donors (Lipinski definition) is 2. The van der Waals surface area contributed by atoms with Crippen molar-refractivity contribution in [2.24, 2.45) is 0 Å². The van der Waals surface area contributed by atoms with Gasteiger partial charge in [0.15, 0.2) is 0 Å². The number of aromatic amines is 1. The highest BCUT2D eigenvalue weighted by Gasteiger charge is 2.11. The van der Waals surface area contributed by atoms with E-state index in [0.29, 0.717) is 10.0 Å². The van der Waals surface area contributed by atoms with Crippen LogP contribution in [0, 0.1) is 0 Å². The fourth-order valence-electron chi connectivity index (χ4n) is 3.06. The maximum Gasteiger partial charge on any atom is 0.131 e. The van der Waals surface area contributed by atoms with E-state index in [-0.39, 0.29) is 0 Å². The summed E-state index contributed by atoms with van der Waals surface area (Å²) < 4.78 is 15.1. The Morgan fingerprint density at radius 2 is 1.86 bits per heavy atom. The van der Waals surface area contributed by atoms with E-state index >= 15 is 0 Å². The van der Waals surface area contributed by atoms with E-state index < -0.39 is 11.0 Å². The number of fused-ring (bicyclic) bond motifs is 1. The maximum atomic E-state index is 12.3. The zero-order chi connectivity index (χ0) is 20.4. The van der Waals surface area contributed by atoms with Crippen LogP contribution in [0.2, 0.25) is 10.0 Å². The van der Waals surface area contributed by atoms with Crippen LogP contribution >= 0.6 is 23.2 Å². The van der Waals surface area contributed by atoms with Crippen molar-refractivity contribution >= 4 is 57.4 Å². The van der Waals surface area contributed by atoms with Crippen molar-refractivity contribution in [1.29, 1.82) is 0 Å². The molecule has 0 saturated heterocycles. The second-order valence-corrected chi connectivity index (χ2v) is 8.55. The summed E-state index contributed by atoms with van der Waals surface area (Å²) in [5, 5.41) is 1.18. The van der Waals surface area contributed by atoms with Gasteiger partial charge in [-0.1, -0.05) is 53.5 Å². The molecule has 0 aliphatic carbocycles. The molecule has 0 saturated carbocycles. The van der Waals surface area contributed by atoms with Gasteiger partial charge in [-0.25, -0.2) is 13.9 Å². The summed E-state index contributed by atoms with van der Waals surface area (Å²) in [7, 11) is 0.409. The molecule has 0 aliphatic rings. The first kappa shape index (κ1) is 19.9. The molecule has 0 bridgehead atoms. The molecule has 7 heteroatoms. The summed E-state index contributed by atoms with van der Waals surface area (Å²) in [5.41, 5.74) is 4.50. The molecule has 4 rings (SSSR count). The van der Waals surface area contributed by atoms with Gasteiger partial charge in [-0.3, -0.25) is 0 Å². The summed E-state index contributed by atoms with van der Waals surface area (Å²) in [6.45, 7) is 0. The van der Waals surface area contributed by atoms with Crippen molar-refractivity contribution in [1.82, 2.24) is 14.7 Å². The highest BCUT2D eigenvalue weighted by atomic mass is 35.5. The van der Waals surface area contributed by atoms with Crippen LogP contribution in [-0.4, -0.2) is 21.2 Å². The summed E-state index contributed by atoms with van der Waals surface area (Å²) >= 11 is 12.2. The van der Waals surface area contributed by atoms with Gasteiger partial charge in [-0.05, 0) is 66.2 Å². The molecule has 1 heterocycles. The van der Waals surface area contributed by atoms with Gasteiger partial charge < -0.3 is 4.98 Å². The molecule has 1 aromatic heterocycles. The lowest BCUT2D eigenvalue weighted by Gasteiger charge is -2.08. The number of aromatic nitrogens is 2. The van der Waals surface area contributed by atoms with Crippen molar-refractivity contribution in [2.45, 2.75) is 4.90 Å². The number of imidazole rings is 1. The van der Waals surface area contributed by atoms with Gasteiger partial charge in [0, 0.05) is 10.0 Å². The van der Waals surface area contributed by atoms with E-state index in [2.05, 4.69) is 14.7 Å². The number of benzene rings is 3. The van der Waals surface area contributed by atoms with E-state index in [4.69, 9.17) is 23.2 Å². The number of nitrogens with one attached hydrogen (secondary N) is 2. The number of hydrogen-bond acceptors (Lipinski definition) is 2. The highest BCUT2D eigenvalue weighted by molar-refractivity contribution is 7.83. The fourth-order valence-corrected chi connectivity index (χ4v) is 4.34. The molecule has 29 heavy (non-hydrogen) atoms. The predicted octanol–water partition coefficient (Wildman–Crippen LogP) is 5.95. The number of H-pyrrole nitrogens is 1. The lowest BCUT2D eigenvalue weighted by molar-refractivity contribution is 0.678. The smallest absolute Gasteiger partial charge is 0.131 e. The zero-order valence-electron chi connectivity index (χ0n) is 15.4. The van der Waals surface area contributed by atoms with Crippen LogP contribution in [0.4, 0.5) is 0 Å². The van der Waals surface area contributed by atoms with Crippen LogP contribution in [0.5, 0.6) is 0 Å². The van der Waals surface area contributed by atoms with Gasteiger partial charge >= 0.3 is 0 Å². The average molecular weight is 442 g/mol. The molecule has 1 atom stereocenters. The molecule has 2 N–H and O–H groups in total. The third-order valence-electron chi connectivity index (χ3n) is 4.47. The molecular formula is C22H17Cl2N3OS. The summed E-state index contributed by atoms with van der Waals surface area (Å²) in [6, 6.07) is 19.0. The van der Waals surface area contributed by atoms with Crippen LogP contribution in [-0.2, 0) is 11.0 Å². The SMILES string of the molecule is CNS(=O)c1ccccc1-c1ccc2nc(/C=C/c3ccc(Cl)cc3Cl)[nH]c2c1. The van der Waals surface area contributed by atoms with Crippen LogP contribution in [0.1, 0.15) is 11.4 Å². The van der Waals surface area contributed by atoms with Gasteiger partial charge in [-0.15, -0.1) is 0 Å². The number of rotatable bonds is 5. The Labute approximate surface area is 181 Å². The molecule has 3 aromatic carbocycles. The molecule has 0 fully saturated rings. The normalized spacial score (nSPS) is 12.7. The third-order valence-corrected chi connectivity index (χ3v) is 6.16. The Balaban J connectivity index is 1.69. The standard InChI is InChI=1S/C22H17Cl2N3OS/c1-25-29(28)21-5-3-2-4-17(21)15-7-10-19-20(12-15)27-22(26-19)11-8-14-6-9-16(23)13-18(14)24/h2-13,25H,1H3,(H,26,27)/b11-8+. The van der Waals surface area contributed by atoms with Crippen LogP contribution < -0.4 is 4.72 Å². The Morgan fingerprint density at radius 1 is 1.03 bits per heavy atom. The fraction of sp³-hybridized carbons (Fsp3) is 0.0455. The van der Waals surface area contributed by atoms with Crippen LogP contribution in [0.3, 0.4) is 0 Å². The van der Waals surface area contributed by atoms with E-state index in [0.717, 1.165) is 38.4 Å². The first-order chi connectivity index (χ1) is 14.0. The van der Waals surface area contributed by atoms with Crippen LogP contribution in [0.15, 0.2) is 65.6 Å². The van der Waals surface area contributed by atoms with Crippen molar-refractivity contribution in [3.05, 3.63) is 82.1 Å². The Morgan fingerprint density at radius 3 is 2.66 bits per heavy atom. The first-order valence-corrected chi connectivity index (χ1v) is 10.8. The minimum atomic E-state index is -1.27. The van der Waals surface area contributed by atoms with E-state index in [1.165, 1.54) is 0 Å². The van der Waals surface area contributed by atoms with Gasteiger partial charge in [0.25, 0.3) is 0 Å². The molecule has 4 nitrogen and oxygen atoms in total. The van der Waals surface area contributed by atoms with Crippen molar-refractivity contribution < 1.29 is 4.21 Å². The monoisotopic (exact) mass is 441 g/mol. The second kappa shape index (κ2) is 8.51. The van der Waals surface area contributed by atoms with Crippen molar-refractivity contribution in [3.8, 4) is 11.1 Å². The Kier molecular flexibility index (Phi) is 5.83. The molecular weight excluding hydrogens is 425 g/mol. The molecule has 0 aliphatic heterocycles. The molecule has 0 amide bonds. The van der Waals surface area contributed by atoms with E-state index in [9.17, 15) is 4.21 Å². The topological polar surface area (TPSA) is 57.8 Å². The lowest BCUT2D eigenvalue weighted by Crippen LogP contribution is -2.11. The first-order valence-electron chi connectivity index (χ1n) is 8.86. The molecule has 0 spiro atoms. The quantitative estimate of drug-likeness (QED) is 0.401. The van der Waals surface area contributed by atoms with E-state index in [1.54, 1.807) is 19.2 Å². The van der Waals surface area contributed by atoms with Gasteiger partial charge in [0.05, 0.1) is 15.9 Å². The average Bonchev–Trinajstić information content (AvgIpc) is 3.14. The minimum Gasteiger partial charge on any atom is -0.338 e. The highest BCUT2D eigenvalue weighted by Crippen LogP contribution is 2.28. The number of nitrogens with zero attached hydrogens (tertiary/aromatic N) is 1. The number of halogens is 2. The molecule has 146 valence electrons. The largest absolute Gasteiger partial charge is 0.338 e. The lowest BCUT2D eigenvalue weighted by atomic mass is 10.1. The predicted molar refractivity (Wildman–Crippen MR) is 122 cm³/mol. The van der Waals surface area contributed by atoms with Crippen molar-refractivity contribution in [3.63, 3.8) is 0 Å². The minimum absolute atomic E-state index is 0.585. The van der Waals surface area contributed by atoms with Gasteiger partial charge in [0.1, 0.15) is 16.8 Å². The van der Waals surface area contributed by atoms with Gasteiger partial charge in [0.2, 0.25) is 0 Å². The van der Waals surface area contributed by atoms with Gasteiger partial charge in [-0.2, -0.15) is 0 Å². The molecule has 1 unspecified atom stereocenters. The third kappa shape index (κ3) is 4.28. The summed E-state index contributed by atoms with van der Waals surface area (Å²) in [4.78, 5) is 8.65. The molecule has 0 radical (unpaired) electrons. The molecule has 4 aromatic rings. The zero-order valence-corrected chi connectivity index (χ0v) is 17.8. The van der Waals surface area contributed by atoms with E-state index in [1.807, 2.05) is 60.7 Å². The Bertz CT molecular complexity index is 1250. The summed E-state index contributed by atoms with van der Waals surface area (Å²) in [5.74, 6) is 0.718.